The average molecular weight is 1400 g/mol. The Bertz CT molecular complexity index is 3620. The molecular formula is C69H83N3O28. The minimum absolute atomic E-state index is 0.0144. The van der Waals surface area contributed by atoms with Crippen LogP contribution >= 0.6 is 0 Å². The number of hydrogen-bond acceptors (Lipinski definition) is 28. The first kappa shape index (κ1) is 74.5. The van der Waals surface area contributed by atoms with E-state index in [1.54, 1.807) is 54.6 Å². The van der Waals surface area contributed by atoms with Crippen molar-refractivity contribution in [1.29, 1.82) is 0 Å². The van der Waals surface area contributed by atoms with Crippen LogP contribution < -0.4 is 16.0 Å². The summed E-state index contributed by atoms with van der Waals surface area (Å²) in [6.07, 6.45) is -23.3. The van der Waals surface area contributed by atoms with Gasteiger partial charge in [0.1, 0.15) is 60.9 Å². The third-order valence-corrected chi connectivity index (χ3v) is 20.4. The molecule has 4 aliphatic carbocycles. The van der Waals surface area contributed by atoms with Crippen molar-refractivity contribution in [3.63, 3.8) is 0 Å². The van der Waals surface area contributed by atoms with Crippen LogP contribution in [0.2, 0.25) is 0 Å². The number of benzene rings is 3. The number of aliphatic hydroxyl groups is 5. The largest absolute Gasteiger partial charge is 0.465 e. The Balaban J connectivity index is 0.886. The molecule has 0 spiro atoms. The van der Waals surface area contributed by atoms with E-state index in [1.165, 1.54) is 85.2 Å². The number of ketones is 1. The molecule has 3 aromatic carbocycles. The summed E-state index contributed by atoms with van der Waals surface area (Å²) in [5, 5.41) is 67.4. The number of aliphatic hydroxyl groups excluding tert-OH is 4. The van der Waals surface area contributed by atoms with Crippen molar-refractivity contribution < 1.29 is 135 Å². The van der Waals surface area contributed by atoms with Gasteiger partial charge in [-0.15, -0.1) is 0 Å². The first-order valence-electron chi connectivity index (χ1n) is 32.6. The predicted molar refractivity (Wildman–Crippen MR) is 335 cm³/mol. The number of esters is 6. The molecule has 10 rings (SSSR count). The molecule has 3 saturated carbocycles. The Hall–Kier alpha value is -8.18. The molecule has 0 bridgehead atoms. The molecule has 31 nitrogen and oxygen atoms in total. The Morgan fingerprint density at radius 1 is 0.740 bits per heavy atom. The van der Waals surface area contributed by atoms with E-state index in [0.717, 1.165) is 13.8 Å². The number of nitrogens with one attached hydrogen (secondary N) is 3. The zero-order valence-corrected chi connectivity index (χ0v) is 56.3. The predicted octanol–water partition coefficient (Wildman–Crippen LogP) is 0.721. The van der Waals surface area contributed by atoms with Crippen molar-refractivity contribution in [2.24, 2.45) is 22.7 Å². The van der Waals surface area contributed by atoms with Crippen LogP contribution in [0.3, 0.4) is 0 Å². The molecule has 7 aliphatic rings. The van der Waals surface area contributed by atoms with Gasteiger partial charge in [-0.2, -0.15) is 0 Å². The molecule has 3 aliphatic heterocycles. The third-order valence-electron chi connectivity index (χ3n) is 20.4. The van der Waals surface area contributed by atoms with E-state index in [1.807, 2.05) is 0 Å². The molecule has 11 unspecified atom stereocenters. The normalized spacial score (nSPS) is 35.2. The van der Waals surface area contributed by atoms with Gasteiger partial charge in [-0.3, -0.25) is 38.4 Å². The highest BCUT2D eigenvalue weighted by molar-refractivity contribution is 5.98. The lowest BCUT2D eigenvalue weighted by molar-refractivity contribution is -0.437. The summed E-state index contributed by atoms with van der Waals surface area (Å²) in [5.41, 5.74) is -10.9. The average Bonchev–Trinajstić information content (AvgIpc) is 1.42. The molecule has 3 saturated heterocycles. The molecule has 31 heteroatoms. The summed E-state index contributed by atoms with van der Waals surface area (Å²) in [4.78, 5) is 150. The number of Topliss-reactive ketones (excluding diaryl/α,β-unsaturated/α-hetero) is 1. The summed E-state index contributed by atoms with van der Waals surface area (Å²) in [6, 6.07) is 20.4. The highest BCUT2D eigenvalue weighted by Gasteiger charge is 2.99. The van der Waals surface area contributed by atoms with Gasteiger partial charge in [0.15, 0.2) is 42.0 Å². The molecule has 3 amide bonds. The Labute approximate surface area is 573 Å². The van der Waals surface area contributed by atoms with Crippen LogP contribution in [0.15, 0.2) is 102 Å². The van der Waals surface area contributed by atoms with Crippen LogP contribution in [0, 0.1) is 22.7 Å². The summed E-state index contributed by atoms with van der Waals surface area (Å²) in [7, 11) is 2.43. The Morgan fingerprint density at radius 3 is 1.99 bits per heavy atom. The molecule has 22 atom stereocenters. The molecule has 8 N–H and O–H groups in total. The van der Waals surface area contributed by atoms with Gasteiger partial charge in [0, 0.05) is 65.2 Å². The SMILES string of the molecule is COOC1OC(OC2C(O)C(CNC(=O)CCC(=O)OCCC(=O)O[C@@H](C(=O)O[C@H]3C[C@]4(O)[C@]5(C)C(=C3C)[C@@H](OC(C)=O)C(=O)[C@@]3(C)C([C@@]45OC(=O)c4ccccc4)[C@]4(OC(C)=O)CO[C@@H]4C[C@@H]3O)[C@@H](NC(=O)c3ccccc3)c3ccccc3)OC(OC)C2NC(C)=O)C(O)C(O)C1C. The smallest absolute Gasteiger partial charge is 0.350 e. The fourth-order valence-electron chi connectivity index (χ4n) is 15.5. The summed E-state index contributed by atoms with van der Waals surface area (Å²) < 4.78 is 65.5. The molecule has 0 radical (unpaired) electrons. The maximum absolute atomic E-state index is 15.8. The van der Waals surface area contributed by atoms with Crippen molar-refractivity contribution in [1.82, 2.24) is 16.0 Å². The fourth-order valence-corrected chi connectivity index (χ4v) is 15.5. The number of carbonyl (C=O) groups is 10. The summed E-state index contributed by atoms with van der Waals surface area (Å²) >= 11 is 0. The highest BCUT2D eigenvalue weighted by Crippen LogP contribution is 2.84. The number of fused-ring (bicyclic) bond motifs is 5. The number of amides is 3. The Kier molecular flexibility index (Phi) is 22.2. The second-order valence-corrected chi connectivity index (χ2v) is 26.4. The summed E-state index contributed by atoms with van der Waals surface area (Å²) in [5.74, 6) is -12.0. The minimum atomic E-state index is -2.48. The standard InChI is InChI=1S/C69H83N3O28/c1-33-41(30-68(87)66(7)48(33)54(92-36(4)74)57(83)65(6)43(76)29-44-67(32-91-44,98-37(5)75)64(65)69(66,68)99-59(85)40-23-17-12-18-24-40)93-60(86)56(49(38-19-13-10-14-20-38)72-58(84)39-21-15-11-16-22-39)95-47(79)27-28-90-46(78)26-25-45(77)70-31-42-52(81)55(50(71-35(3)73)62(88-8)94-42)96-63-53(82)51(80)34(2)61(97-63)100-89-9/h10-24,34,41-44,49-56,61-64,76,80-82,87H,25-32H2,1-9H3,(H,70,77)(H,71,73)(H,72,84)/t34?,41-,42?,43-,44+,49-,50?,51?,52?,53?,54+,55?,56+,61?,62?,63?,64?,65-,66-,67-,68-,69-/m0/s1. The van der Waals surface area contributed by atoms with Gasteiger partial charge in [0.2, 0.25) is 17.9 Å². The number of carbonyl (C=O) groups excluding carboxylic acids is 10. The van der Waals surface area contributed by atoms with Crippen LogP contribution in [0.1, 0.15) is 113 Å². The molecular weight excluding hydrogens is 1320 g/mol. The second-order valence-electron chi connectivity index (χ2n) is 26.4. The zero-order valence-electron chi connectivity index (χ0n) is 56.3. The van der Waals surface area contributed by atoms with Crippen LogP contribution in [-0.2, 0) is 100 Å². The molecule has 6 fully saturated rings. The van der Waals surface area contributed by atoms with Gasteiger partial charge in [-0.05, 0) is 61.7 Å². The maximum atomic E-state index is 15.8. The molecule has 0 aromatic heterocycles. The van der Waals surface area contributed by atoms with Gasteiger partial charge in [0.05, 0.1) is 61.1 Å². The van der Waals surface area contributed by atoms with Crippen molar-refractivity contribution in [2.75, 3.05) is 34.0 Å². The first-order chi connectivity index (χ1) is 47.4. The number of hydrogen-bond donors (Lipinski definition) is 8. The first-order valence-corrected chi connectivity index (χ1v) is 32.6. The van der Waals surface area contributed by atoms with E-state index in [-0.39, 0.29) is 34.3 Å². The van der Waals surface area contributed by atoms with Gasteiger partial charge < -0.3 is 93.6 Å². The van der Waals surface area contributed by atoms with Crippen molar-refractivity contribution in [3.05, 3.63) is 119 Å². The van der Waals surface area contributed by atoms with E-state index in [0.29, 0.717) is 0 Å². The van der Waals surface area contributed by atoms with Gasteiger partial charge in [-0.25, -0.2) is 19.4 Å². The molecule has 100 heavy (non-hydrogen) atoms. The van der Waals surface area contributed by atoms with Gasteiger partial charge >= 0.3 is 35.8 Å². The lowest BCUT2D eigenvalue weighted by Gasteiger charge is -2.63. The quantitative estimate of drug-likeness (QED) is 0.0190. The molecule has 542 valence electrons. The van der Waals surface area contributed by atoms with E-state index < -0.39 is 236 Å². The van der Waals surface area contributed by atoms with Crippen molar-refractivity contribution in [3.8, 4) is 0 Å². The van der Waals surface area contributed by atoms with E-state index in [4.69, 9.17) is 61.9 Å². The number of ether oxygens (including phenoxy) is 11. The number of methoxy groups -OCH3 is 1. The Morgan fingerprint density at radius 2 is 1.39 bits per heavy atom. The second kappa shape index (κ2) is 29.8. The molecule has 3 aromatic rings. The highest BCUT2D eigenvalue weighted by atomic mass is 17.2. The van der Waals surface area contributed by atoms with Crippen molar-refractivity contribution >= 4 is 59.3 Å². The monoisotopic (exact) mass is 1400 g/mol. The van der Waals surface area contributed by atoms with Crippen LogP contribution in [0.4, 0.5) is 0 Å². The molecule has 3 heterocycles. The lowest BCUT2D eigenvalue weighted by Crippen LogP contribution is -2.78. The van der Waals surface area contributed by atoms with E-state index >= 15 is 9.59 Å². The van der Waals surface area contributed by atoms with Crippen LogP contribution in [0.25, 0.3) is 0 Å². The summed E-state index contributed by atoms with van der Waals surface area (Å²) in [6.45, 7) is 7.54. The van der Waals surface area contributed by atoms with E-state index in [9.17, 15) is 63.9 Å². The fraction of sp³-hybridized carbons (Fsp3) is 0.565. The topological polar surface area (TPSA) is 428 Å². The lowest BCUT2D eigenvalue weighted by atomic mass is 9.51. The van der Waals surface area contributed by atoms with Crippen molar-refractivity contribution in [2.45, 2.75) is 189 Å². The van der Waals surface area contributed by atoms with Crippen LogP contribution in [-0.4, -0.2) is 222 Å². The maximum Gasteiger partial charge on any atom is 0.350 e. The third kappa shape index (κ3) is 13.5. The number of rotatable bonds is 25. The zero-order chi connectivity index (χ0) is 72.6. The van der Waals surface area contributed by atoms with Gasteiger partial charge in [-0.1, -0.05) is 73.7 Å². The minimum Gasteiger partial charge on any atom is -0.465 e. The van der Waals surface area contributed by atoms with Gasteiger partial charge in [0.25, 0.3) is 5.91 Å². The van der Waals surface area contributed by atoms with Crippen LogP contribution in [0.5, 0.6) is 0 Å². The van der Waals surface area contributed by atoms with E-state index in [2.05, 4.69) is 16.0 Å².